The van der Waals surface area contributed by atoms with Crippen molar-refractivity contribution < 1.29 is 0 Å². The van der Waals surface area contributed by atoms with Gasteiger partial charge < -0.3 is 0 Å². The van der Waals surface area contributed by atoms with Gasteiger partial charge in [0, 0.05) is 11.5 Å². The summed E-state index contributed by atoms with van der Waals surface area (Å²) in [7, 11) is 0. The summed E-state index contributed by atoms with van der Waals surface area (Å²) in [5.74, 6) is 2.92. The molecule has 64 valence electrons. The molecular formula is C9H13N3. The lowest BCUT2D eigenvalue weighted by Crippen LogP contribution is -2.22. The molecule has 0 aromatic heterocycles. The zero-order chi connectivity index (χ0) is 8.18. The first-order valence-corrected chi connectivity index (χ1v) is 4.85. The summed E-state index contributed by atoms with van der Waals surface area (Å²) in [5.41, 5.74) is 8.78. The molecule has 0 aliphatic heterocycles. The third-order valence-electron chi connectivity index (χ3n) is 4.49. The van der Waals surface area contributed by atoms with E-state index in [2.05, 4.69) is 10.0 Å². The van der Waals surface area contributed by atoms with Crippen LogP contribution in [-0.2, 0) is 0 Å². The molecule has 0 spiro atoms. The molecule has 2 unspecified atom stereocenters. The van der Waals surface area contributed by atoms with E-state index >= 15 is 0 Å². The molecule has 4 rings (SSSR count). The second-order valence-electron chi connectivity index (χ2n) is 4.85. The van der Waals surface area contributed by atoms with Crippen LogP contribution in [0.5, 0.6) is 0 Å². The summed E-state index contributed by atoms with van der Waals surface area (Å²) in [6, 6.07) is 0. The van der Waals surface area contributed by atoms with Crippen LogP contribution in [0.2, 0.25) is 0 Å². The molecule has 4 bridgehead atoms. The van der Waals surface area contributed by atoms with Crippen LogP contribution in [0.4, 0.5) is 0 Å². The maximum atomic E-state index is 8.31. The largest absolute Gasteiger partial charge is 0.0934 e. The molecule has 4 saturated carbocycles. The minimum atomic E-state index is 0.474. The molecule has 3 nitrogen and oxygen atoms in total. The van der Waals surface area contributed by atoms with E-state index in [-0.39, 0.29) is 0 Å². The summed E-state index contributed by atoms with van der Waals surface area (Å²) in [5, 5.41) is 3.78. The normalized spacial score (nSPS) is 53.2. The van der Waals surface area contributed by atoms with Gasteiger partial charge in [-0.1, -0.05) is 5.11 Å². The third kappa shape index (κ3) is 0.616. The maximum absolute atomic E-state index is 8.31. The Balaban J connectivity index is 1.89. The molecule has 3 heteroatoms. The van der Waals surface area contributed by atoms with E-state index in [0.717, 1.165) is 24.3 Å². The van der Waals surface area contributed by atoms with Crippen LogP contribution in [-0.4, -0.2) is 6.54 Å². The fourth-order valence-corrected chi connectivity index (χ4v) is 4.10. The van der Waals surface area contributed by atoms with Gasteiger partial charge in [-0.2, -0.15) is 0 Å². The van der Waals surface area contributed by atoms with E-state index in [1.165, 1.54) is 25.7 Å². The van der Waals surface area contributed by atoms with Gasteiger partial charge in [0.1, 0.15) is 0 Å². The second-order valence-corrected chi connectivity index (χ2v) is 4.85. The zero-order valence-corrected chi connectivity index (χ0v) is 7.11. The van der Waals surface area contributed by atoms with E-state index in [4.69, 9.17) is 5.53 Å². The van der Waals surface area contributed by atoms with E-state index in [0.29, 0.717) is 5.41 Å². The van der Waals surface area contributed by atoms with Crippen molar-refractivity contribution in [2.45, 2.75) is 25.7 Å². The molecule has 0 heterocycles. The molecule has 12 heavy (non-hydrogen) atoms. The summed E-state index contributed by atoms with van der Waals surface area (Å²) < 4.78 is 0. The van der Waals surface area contributed by atoms with Crippen molar-refractivity contribution in [2.24, 2.45) is 28.3 Å². The van der Waals surface area contributed by atoms with Crippen molar-refractivity contribution in [3.05, 3.63) is 10.4 Å². The van der Waals surface area contributed by atoms with Crippen LogP contribution in [0.25, 0.3) is 10.4 Å². The molecular weight excluding hydrogens is 150 g/mol. The lowest BCUT2D eigenvalue weighted by Gasteiger charge is -2.26. The first-order valence-electron chi connectivity index (χ1n) is 4.85. The Morgan fingerprint density at radius 2 is 2.00 bits per heavy atom. The Bertz CT molecular complexity index is 253. The molecule has 2 atom stereocenters. The molecule has 4 fully saturated rings. The molecule has 0 N–H and O–H groups in total. The van der Waals surface area contributed by atoms with Crippen molar-refractivity contribution in [3.63, 3.8) is 0 Å². The number of nitrogens with zero attached hydrogens (tertiary/aromatic N) is 3. The minimum absolute atomic E-state index is 0.474. The lowest BCUT2D eigenvalue weighted by molar-refractivity contribution is 0.257. The van der Waals surface area contributed by atoms with Crippen LogP contribution in [0.1, 0.15) is 25.7 Å². The molecule has 0 aromatic carbocycles. The average molecular weight is 163 g/mol. The van der Waals surface area contributed by atoms with Gasteiger partial charge in [0.05, 0.1) is 0 Å². The Kier molecular flexibility index (Phi) is 1.11. The Hall–Kier alpha value is -0.690. The smallest absolute Gasteiger partial charge is 0.0317 e. The van der Waals surface area contributed by atoms with Crippen LogP contribution in [0.3, 0.4) is 0 Å². The van der Waals surface area contributed by atoms with Gasteiger partial charge in [-0.25, -0.2) is 0 Å². The highest BCUT2D eigenvalue weighted by molar-refractivity contribution is 5.12. The van der Waals surface area contributed by atoms with Crippen molar-refractivity contribution >= 4 is 0 Å². The maximum Gasteiger partial charge on any atom is 0.0317 e. The van der Waals surface area contributed by atoms with Gasteiger partial charge in [0.2, 0.25) is 0 Å². The predicted octanol–water partition coefficient (Wildman–Crippen LogP) is 2.73. The van der Waals surface area contributed by atoms with Crippen molar-refractivity contribution in [1.29, 1.82) is 0 Å². The number of rotatable bonds is 2. The van der Waals surface area contributed by atoms with Crippen LogP contribution >= 0.6 is 0 Å². The van der Waals surface area contributed by atoms with Gasteiger partial charge >= 0.3 is 0 Å². The average Bonchev–Trinajstić information content (AvgIpc) is 2.70. The summed E-state index contributed by atoms with van der Waals surface area (Å²) >= 11 is 0. The Morgan fingerprint density at radius 3 is 2.42 bits per heavy atom. The summed E-state index contributed by atoms with van der Waals surface area (Å²) in [6.07, 6.45) is 5.60. The van der Waals surface area contributed by atoms with Gasteiger partial charge in [-0.15, -0.1) is 0 Å². The van der Waals surface area contributed by atoms with Gasteiger partial charge in [0.25, 0.3) is 0 Å². The first-order chi connectivity index (χ1) is 5.84. The second kappa shape index (κ2) is 1.97. The monoisotopic (exact) mass is 163 g/mol. The molecule has 0 amide bonds. The molecule has 0 saturated heterocycles. The number of hydrogen-bond acceptors (Lipinski definition) is 1. The lowest BCUT2D eigenvalue weighted by atomic mass is 9.81. The van der Waals surface area contributed by atoms with Crippen molar-refractivity contribution in [3.8, 4) is 0 Å². The van der Waals surface area contributed by atoms with E-state index < -0.39 is 0 Å². The van der Waals surface area contributed by atoms with E-state index in [1.54, 1.807) is 0 Å². The van der Waals surface area contributed by atoms with Gasteiger partial charge in [-0.3, -0.25) is 0 Å². The fourth-order valence-electron chi connectivity index (χ4n) is 4.10. The van der Waals surface area contributed by atoms with E-state index in [1.807, 2.05) is 0 Å². The topological polar surface area (TPSA) is 48.8 Å². The molecule has 0 aromatic rings. The number of hydrogen-bond donors (Lipinski definition) is 0. The standard InChI is InChI=1S/C9H13N3/c10-12-11-5-9-3-6-1-8(9)2-7(6)4-9/h6-8H,1-5H2. The highest BCUT2D eigenvalue weighted by atomic mass is 15.1. The SMILES string of the molecule is [N-]=[N+]=NCC12CC3CC1CC3C2. The van der Waals surface area contributed by atoms with Gasteiger partial charge in [0.15, 0.2) is 0 Å². The van der Waals surface area contributed by atoms with Gasteiger partial charge in [-0.05, 0) is 54.4 Å². The quantitative estimate of drug-likeness (QED) is 0.341. The van der Waals surface area contributed by atoms with E-state index in [9.17, 15) is 0 Å². The van der Waals surface area contributed by atoms with Crippen LogP contribution < -0.4 is 0 Å². The fraction of sp³-hybridized carbons (Fsp3) is 1.00. The molecule has 4 aliphatic carbocycles. The highest BCUT2D eigenvalue weighted by Crippen LogP contribution is 2.69. The molecule has 4 aliphatic rings. The highest BCUT2D eigenvalue weighted by Gasteiger charge is 2.62. The summed E-state index contributed by atoms with van der Waals surface area (Å²) in [6.45, 7) is 0.779. The van der Waals surface area contributed by atoms with Crippen molar-refractivity contribution in [2.75, 3.05) is 6.54 Å². The Labute approximate surface area is 71.8 Å². The van der Waals surface area contributed by atoms with Crippen LogP contribution in [0, 0.1) is 23.2 Å². The summed E-state index contributed by atoms with van der Waals surface area (Å²) in [4.78, 5) is 2.89. The predicted molar refractivity (Wildman–Crippen MR) is 45.4 cm³/mol. The van der Waals surface area contributed by atoms with Crippen molar-refractivity contribution in [1.82, 2.24) is 0 Å². The Morgan fingerprint density at radius 1 is 1.33 bits per heavy atom. The first kappa shape index (κ1) is 6.79. The third-order valence-corrected chi connectivity index (χ3v) is 4.49. The minimum Gasteiger partial charge on any atom is -0.0934 e. The molecule has 0 radical (unpaired) electrons. The number of azide groups is 1. The van der Waals surface area contributed by atoms with Crippen LogP contribution in [0.15, 0.2) is 5.11 Å². The zero-order valence-electron chi connectivity index (χ0n) is 7.11.